The molecule has 82 valence electrons. The summed E-state index contributed by atoms with van der Waals surface area (Å²) < 4.78 is 5.85. The van der Waals surface area contributed by atoms with Crippen LogP contribution >= 0.6 is 0 Å². The van der Waals surface area contributed by atoms with Crippen molar-refractivity contribution in [1.29, 1.82) is 0 Å². The molecule has 0 heterocycles. The molecule has 0 unspecified atom stereocenters. The molecule has 0 bridgehead atoms. The summed E-state index contributed by atoms with van der Waals surface area (Å²) in [6.45, 7) is 7.86. The van der Waals surface area contributed by atoms with E-state index in [4.69, 9.17) is 4.74 Å². The van der Waals surface area contributed by atoms with E-state index in [1.54, 1.807) is 6.92 Å². The first-order valence-electron chi connectivity index (χ1n) is 5.60. The molecule has 0 amide bonds. The molecule has 1 aliphatic carbocycles. The molecule has 3 atom stereocenters. The maximum atomic E-state index is 9.22. The first-order chi connectivity index (χ1) is 6.59. The van der Waals surface area contributed by atoms with Gasteiger partial charge in [0, 0.05) is 0 Å². The number of hydrogen-bond acceptors (Lipinski definition) is 2. The van der Waals surface area contributed by atoms with E-state index in [9.17, 15) is 5.11 Å². The van der Waals surface area contributed by atoms with Gasteiger partial charge in [0.1, 0.15) is 0 Å². The number of hydrogen-bond donors (Lipinski definition) is 1. The Kier molecular flexibility index (Phi) is 4.63. The molecule has 1 rings (SSSR count). The maximum Gasteiger partial charge on any atom is 0.0786 e. The quantitative estimate of drug-likeness (QED) is 0.704. The van der Waals surface area contributed by atoms with Crippen LogP contribution in [0.4, 0.5) is 0 Å². The van der Waals surface area contributed by atoms with Crippen LogP contribution in [-0.2, 0) is 4.74 Å². The minimum atomic E-state index is -0.276. The molecule has 0 radical (unpaired) electrons. The summed E-state index contributed by atoms with van der Waals surface area (Å²) in [5.74, 6) is 0. The highest BCUT2D eigenvalue weighted by atomic mass is 16.5. The van der Waals surface area contributed by atoms with Gasteiger partial charge in [-0.3, -0.25) is 0 Å². The standard InChI is InChI=1S/C12H22O2/c1-9-6-4-5-7-12(9)14-11(3)8-10(2)13/h10-13H,1,4-8H2,2-3H3/t10-,11-,12-/m1/s1. The van der Waals surface area contributed by atoms with Crippen LogP contribution < -0.4 is 0 Å². The summed E-state index contributed by atoms with van der Waals surface area (Å²) in [5, 5.41) is 9.22. The number of aliphatic hydroxyl groups excluding tert-OH is 1. The third-order valence-electron chi connectivity index (χ3n) is 2.74. The Morgan fingerprint density at radius 3 is 2.79 bits per heavy atom. The molecule has 0 saturated heterocycles. The summed E-state index contributed by atoms with van der Waals surface area (Å²) in [7, 11) is 0. The first kappa shape index (κ1) is 11.7. The summed E-state index contributed by atoms with van der Waals surface area (Å²) in [5.41, 5.74) is 1.23. The van der Waals surface area contributed by atoms with Crippen molar-refractivity contribution in [3.8, 4) is 0 Å². The normalized spacial score (nSPS) is 27.4. The second-order valence-corrected chi connectivity index (χ2v) is 4.42. The SMILES string of the molecule is C=C1CCCC[C@H]1O[C@H](C)C[C@@H](C)O. The molecule has 14 heavy (non-hydrogen) atoms. The van der Waals surface area contributed by atoms with Crippen molar-refractivity contribution in [1.82, 2.24) is 0 Å². The molecular weight excluding hydrogens is 176 g/mol. The molecule has 1 aliphatic rings. The van der Waals surface area contributed by atoms with Gasteiger partial charge in [0.15, 0.2) is 0 Å². The van der Waals surface area contributed by atoms with Crippen LogP contribution in [0, 0.1) is 0 Å². The van der Waals surface area contributed by atoms with E-state index in [1.807, 2.05) is 6.92 Å². The van der Waals surface area contributed by atoms with Crippen LogP contribution in [0.1, 0.15) is 46.0 Å². The van der Waals surface area contributed by atoms with Gasteiger partial charge in [-0.1, -0.05) is 13.0 Å². The largest absolute Gasteiger partial charge is 0.393 e. The third kappa shape index (κ3) is 3.81. The van der Waals surface area contributed by atoms with Gasteiger partial charge in [0.25, 0.3) is 0 Å². The molecule has 0 aromatic heterocycles. The van der Waals surface area contributed by atoms with Crippen LogP contribution in [0.2, 0.25) is 0 Å². The molecule has 0 aromatic rings. The van der Waals surface area contributed by atoms with Gasteiger partial charge in [0.2, 0.25) is 0 Å². The van der Waals surface area contributed by atoms with Crippen LogP contribution in [-0.4, -0.2) is 23.4 Å². The Hall–Kier alpha value is -0.340. The highest BCUT2D eigenvalue weighted by molar-refractivity contribution is 5.05. The molecule has 0 spiro atoms. The smallest absolute Gasteiger partial charge is 0.0786 e. The molecule has 1 fully saturated rings. The molecule has 2 heteroatoms. The van der Waals surface area contributed by atoms with Gasteiger partial charge in [0.05, 0.1) is 18.3 Å². The molecule has 2 nitrogen and oxygen atoms in total. The predicted molar refractivity (Wildman–Crippen MR) is 58.2 cm³/mol. The van der Waals surface area contributed by atoms with Crippen LogP contribution in [0.15, 0.2) is 12.2 Å². The van der Waals surface area contributed by atoms with Crippen molar-refractivity contribution in [3.05, 3.63) is 12.2 Å². The average molecular weight is 198 g/mol. The van der Waals surface area contributed by atoms with Gasteiger partial charge in [-0.05, 0) is 45.1 Å². The lowest BCUT2D eigenvalue weighted by molar-refractivity contribution is -0.0168. The second-order valence-electron chi connectivity index (χ2n) is 4.42. The van der Waals surface area contributed by atoms with Crippen molar-refractivity contribution in [2.75, 3.05) is 0 Å². The lowest BCUT2D eigenvalue weighted by Crippen LogP contribution is -2.26. The Morgan fingerprint density at radius 1 is 1.50 bits per heavy atom. The van der Waals surface area contributed by atoms with E-state index in [0.29, 0.717) is 6.42 Å². The lowest BCUT2D eigenvalue weighted by atomic mass is 9.93. The minimum absolute atomic E-state index is 0.134. The Labute approximate surface area is 87.0 Å². The molecule has 1 saturated carbocycles. The maximum absolute atomic E-state index is 9.22. The summed E-state index contributed by atoms with van der Waals surface area (Å²) >= 11 is 0. The van der Waals surface area contributed by atoms with Gasteiger partial charge >= 0.3 is 0 Å². The van der Waals surface area contributed by atoms with Crippen molar-refractivity contribution in [2.24, 2.45) is 0 Å². The lowest BCUT2D eigenvalue weighted by Gasteiger charge is -2.28. The average Bonchev–Trinajstić information content (AvgIpc) is 2.07. The highest BCUT2D eigenvalue weighted by Crippen LogP contribution is 2.26. The number of rotatable bonds is 4. The van der Waals surface area contributed by atoms with Gasteiger partial charge in [-0.2, -0.15) is 0 Å². The fraction of sp³-hybridized carbons (Fsp3) is 0.833. The van der Waals surface area contributed by atoms with Gasteiger partial charge in [-0.25, -0.2) is 0 Å². The molecule has 0 aliphatic heterocycles. The molecule has 0 aromatic carbocycles. The third-order valence-corrected chi connectivity index (χ3v) is 2.74. The van der Waals surface area contributed by atoms with E-state index < -0.39 is 0 Å². The summed E-state index contributed by atoms with van der Waals surface area (Å²) in [4.78, 5) is 0. The molecule has 1 N–H and O–H groups in total. The predicted octanol–water partition coefficient (Wildman–Crippen LogP) is 2.66. The molecular formula is C12H22O2. The zero-order valence-corrected chi connectivity index (χ0v) is 9.33. The topological polar surface area (TPSA) is 29.5 Å². The van der Waals surface area contributed by atoms with Gasteiger partial charge < -0.3 is 9.84 Å². The van der Waals surface area contributed by atoms with Crippen molar-refractivity contribution < 1.29 is 9.84 Å². The van der Waals surface area contributed by atoms with Gasteiger partial charge in [-0.15, -0.1) is 0 Å². The van der Waals surface area contributed by atoms with E-state index in [1.165, 1.54) is 18.4 Å². The Morgan fingerprint density at radius 2 is 2.21 bits per heavy atom. The monoisotopic (exact) mass is 198 g/mol. The van der Waals surface area contributed by atoms with Crippen molar-refractivity contribution in [2.45, 2.75) is 64.3 Å². The first-order valence-corrected chi connectivity index (χ1v) is 5.60. The van der Waals surface area contributed by atoms with Crippen LogP contribution in [0.3, 0.4) is 0 Å². The van der Waals surface area contributed by atoms with Crippen LogP contribution in [0.5, 0.6) is 0 Å². The zero-order valence-electron chi connectivity index (χ0n) is 9.33. The Bertz CT molecular complexity index is 187. The number of ether oxygens (including phenoxy) is 1. The van der Waals surface area contributed by atoms with E-state index >= 15 is 0 Å². The minimum Gasteiger partial charge on any atom is -0.393 e. The van der Waals surface area contributed by atoms with E-state index in [2.05, 4.69) is 6.58 Å². The van der Waals surface area contributed by atoms with E-state index in [-0.39, 0.29) is 18.3 Å². The van der Waals surface area contributed by atoms with Crippen LogP contribution in [0.25, 0.3) is 0 Å². The fourth-order valence-electron chi connectivity index (χ4n) is 2.03. The van der Waals surface area contributed by atoms with Crippen molar-refractivity contribution in [3.63, 3.8) is 0 Å². The summed E-state index contributed by atoms with van der Waals surface area (Å²) in [6, 6.07) is 0. The van der Waals surface area contributed by atoms with Crippen molar-refractivity contribution >= 4 is 0 Å². The van der Waals surface area contributed by atoms with E-state index in [0.717, 1.165) is 12.8 Å². The zero-order chi connectivity index (χ0) is 10.6. The number of aliphatic hydroxyl groups is 1. The summed E-state index contributed by atoms with van der Waals surface area (Å²) in [6.07, 6.45) is 5.50. The second kappa shape index (κ2) is 5.52. The Balaban J connectivity index is 2.30. The fourth-order valence-corrected chi connectivity index (χ4v) is 2.03. The highest BCUT2D eigenvalue weighted by Gasteiger charge is 2.20.